The molecule has 0 radical (unpaired) electrons. The van der Waals surface area contributed by atoms with Crippen LogP contribution < -0.4 is 0 Å². The minimum atomic E-state index is -0.633. The van der Waals surface area contributed by atoms with Crippen LogP contribution in [-0.4, -0.2) is 14.7 Å². The third kappa shape index (κ3) is 1.03. The molecule has 11 heavy (non-hydrogen) atoms. The van der Waals surface area contributed by atoms with Gasteiger partial charge < -0.3 is 0 Å². The zero-order valence-corrected chi connectivity index (χ0v) is 5.68. The molecule has 6 heteroatoms. The number of rotatable bonds is 1. The molecule has 1 aromatic rings. The molecule has 0 bridgehead atoms. The van der Waals surface area contributed by atoms with Gasteiger partial charge in [0.05, 0.1) is 4.92 Å². The predicted molar refractivity (Wildman–Crippen MR) is 34.6 cm³/mol. The molecule has 0 saturated heterocycles. The molecule has 0 fully saturated rings. The zero-order chi connectivity index (χ0) is 8.43. The summed E-state index contributed by atoms with van der Waals surface area (Å²) in [6.45, 7) is 0. The van der Waals surface area contributed by atoms with Crippen LogP contribution in [0.3, 0.4) is 0 Å². The lowest BCUT2D eigenvalue weighted by atomic mass is 10.4. The summed E-state index contributed by atoms with van der Waals surface area (Å²) in [4.78, 5) is 9.56. The maximum Gasteiger partial charge on any atom is 0.325 e. The van der Waals surface area contributed by atoms with Crippen LogP contribution in [-0.2, 0) is 7.05 Å². The van der Waals surface area contributed by atoms with Crippen molar-refractivity contribution in [2.75, 3.05) is 0 Å². The highest BCUT2D eigenvalue weighted by atomic mass is 16.6. The Morgan fingerprint density at radius 3 is 2.91 bits per heavy atom. The van der Waals surface area contributed by atoms with Crippen molar-refractivity contribution in [1.82, 2.24) is 9.78 Å². The highest BCUT2D eigenvalue weighted by Gasteiger charge is 2.17. The Balaban J connectivity index is 3.30. The molecule has 6 nitrogen and oxygen atoms in total. The van der Waals surface area contributed by atoms with E-state index < -0.39 is 4.92 Å². The third-order valence-corrected chi connectivity index (χ3v) is 1.22. The summed E-state index contributed by atoms with van der Waals surface area (Å²) in [7, 11) is 1.48. The van der Waals surface area contributed by atoms with Crippen molar-refractivity contribution in [2.24, 2.45) is 7.05 Å². The van der Waals surface area contributed by atoms with E-state index in [9.17, 15) is 10.1 Å². The minimum absolute atomic E-state index is 0.0324. The van der Waals surface area contributed by atoms with Gasteiger partial charge in [-0.25, -0.2) is 0 Å². The Morgan fingerprint density at radius 2 is 2.55 bits per heavy atom. The Bertz CT molecular complexity index is 335. The van der Waals surface area contributed by atoms with Gasteiger partial charge in [-0.1, -0.05) is 0 Å². The van der Waals surface area contributed by atoms with E-state index in [4.69, 9.17) is 5.26 Å². The fourth-order valence-corrected chi connectivity index (χ4v) is 0.689. The first-order valence-corrected chi connectivity index (χ1v) is 2.73. The van der Waals surface area contributed by atoms with Crippen molar-refractivity contribution in [3.63, 3.8) is 0 Å². The van der Waals surface area contributed by atoms with Gasteiger partial charge in [0.15, 0.2) is 0 Å². The number of hydrogen-bond donors (Lipinski definition) is 0. The molecule has 0 saturated carbocycles. The zero-order valence-electron chi connectivity index (χ0n) is 5.68. The van der Waals surface area contributed by atoms with Crippen molar-refractivity contribution in [3.8, 4) is 6.07 Å². The average molecular weight is 152 g/mol. The fourth-order valence-electron chi connectivity index (χ4n) is 0.689. The van der Waals surface area contributed by atoms with E-state index in [-0.39, 0.29) is 11.4 Å². The smallest absolute Gasteiger partial charge is 0.258 e. The lowest BCUT2D eigenvalue weighted by Gasteiger charge is -1.87. The molecule has 1 aromatic heterocycles. The first kappa shape index (κ1) is 7.21. The predicted octanol–water partition coefficient (Wildman–Crippen LogP) is 0.200. The van der Waals surface area contributed by atoms with E-state index in [1.165, 1.54) is 7.05 Å². The molecule has 0 aromatic carbocycles. The van der Waals surface area contributed by atoms with Crippen LogP contribution in [0.5, 0.6) is 0 Å². The molecule has 0 aliphatic carbocycles. The Hall–Kier alpha value is -1.90. The van der Waals surface area contributed by atoms with Crippen LogP contribution in [0.25, 0.3) is 0 Å². The maximum absolute atomic E-state index is 10.2. The van der Waals surface area contributed by atoms with E-state index >= 15 is 0 Å². The summed E-state index contributed by atoms with van der Waals surface area (Å²) in [5, 5.41) is 22.2. The van der Waals surface area contributed by atoms with Gasteiger partial charge in [0, 0.05) is 7.05 Å². The van der Waals surface area contributed by atoms with Crippen LogP contribution in [0.4, 0.5) is 5.69 Å². The van der Waals surface area contributed by atoms with Crippen molar-refractivity contribution in [1.29, 1.82) is 5.26 Å². The topological polar surface area (TPSA) is 84.8 Å². The van der Waals surface area contributed by atoms with Gasteiger partial charge in [0.25, 0.3) is 0 Å². The number of nitro groups is 1. The molecule has 0 N–H and O–H groups in total. The van der Waals surface area contributed by atoms with E-state index in [1.54, 1.807) is 6.07 Å². The van der Waals surface area contributed by atoms with Gasteiger partial charge in [-0.2, -0.15) is 10.4 Å². The second kappa shape index (κ2) is 2.38. The molecule has 0 atom stereocenters. The largest absolute Gasteiger partial charge is 0.325 e. The van der Waals surface area contributed by atoms with Crippen LogP contribution in [0.1, 0.15) is 5.69 Å². The molecule has 56 valence electrons. The van der Waals surface area contributed by atoms with Gasteiger partial charge in [0.2, 0.25) is 5.69 Å². The monoisotopic (exact) mass is 152 g/mol. The van der Waals surface area contributed by atoms with E-state index in [2.05, 4.69) is 5.10 Å². The fraction of sp³-hybridized carbons (Fsp3) is 0.200. The van der Waals surface area contributed by atoms with Crippen LogP contribution in [0, 0.1) is 21.4 Å². The maximum atomic E-state index is 10.2. The first-order chi connectivity index (χ1) is 5.16. The molecular formula is C5H4N4O2. The summed E-state index contributed by atoms with van der Waals surface area (Å²) in [5.41, 5.74) is -0.287. The van der Waals surface area contributed by atoms with E-state index in [0.29, 0.717) is 0 Å². The van der Waals surface area contributed by atoms with Gasteiger partial charge >= 0.3 is 5.69 Å². The molecule has 0 unspecified atom stereocenters. The quantitative estimate of drug-likeness (QED) is 0.425. The summed E-state index contributed by atoms with van der Waals surface area (Å²) in [5.74, 6) is 0. The lowest BCUT2D eigenvalue weighted by molar-refractivity contribution is -0.385. The minimum Gasteiger partial charge on any atom is -0.258 e. The Kier molecular flexibility index (Phi) is 1.56. The van der Waals surface area contributed by atoms with Gasteiger partial charge in [-0.3, -0.25) is 14.8 Å². The van der Waals surface area contributed by atoms with Gasteiger partial charge in [-0.15, -0.1) is 0 Å². The van der Waals surface area contributed by atoms with Gasteiger partial charge in [-0.05, 0) is 0 Å². The van der Waals surface area contributed by atoms with Crippen molar-refractivity contribution in [3.05, 3.63) is 22.0 Å². The molecule has 1 rings (SSSR count). The Labute approximate surface area is 61.8 Å². The lowest BCUT2D eigenvalue weighted by Crippen LogP contribution is -1.95. The standard InChI is InChI=1S/C5H4N4O2/c1-8-4(2-6)5(3-7-8)9(10)11/h3H,1H3. The number of nitrogens with zero attached hydrogens (tertiary/aromatic N) is 4. The number of aryl methyl sites for hydroxylation is 1. The summed E-state index contributed by atoms with van der Waals surface area (Å²) < 4.78 is 1.16. The van der Waals surface area contributed by atoms with Crippen molar-refractivity contribution in [2.45, 2.75) is 0 Å². The second-order valence-electron chi connectivity index (χ2n) is 1.87. The highest BCUT2D eigenvalue weighted by Crippen LogP contribution is 2.14. The average Bonchev–Trinajstić information content (AvgIpc) is 2.30. The normalized spacial score (nSPS) is 9.09. The SMILES string of the molecule is Cn1ncc([N+](=O)[O-])c1C#N. The number of hydrogen-bond acceptors (Lipinski definition) is 4. The summed E-state index contributed by atoms with van der Waals surface area (Å²) in [6.07, 6.45) is 1.05. The van der Waals surface area contributed by atoms with E-state index in [1.807, 2.05) is 0 Å². The number of aromatic nitrogens is 2. The summed E-state index contributed by atoms with van der Waals surface area (Å²) >= 11 is 0. The highest BCUT2D eigenvalue weighted by molar-refractivity contribution is 5.41. The molecule has 1 heterocycles. The first-order valence-electron chi connectivity index (χ1n) is 2.73. The van der Waals surface area contributed by atoms with Crippen LogP contribution in [0.2, 0.25) is 0 Å². The van der Waals surface area contributed by atoms with Gasteiger partial charge in [0.1, 0.15) is 12.3 Å². The third-order valence-electron chi connectivity index (χ3n) is 1.22. The van der Waals surface area contributed by atoms with Crippen LogP contribution >= 0.6 is 0 Å². The molecule has 0 amide bonds. The molecule has 0 aliphatic heterocycles. The number of nitriles is 1. The van der Waals surface area contributed by atoms with Crippen molar-refractivity contribution >= 4 is 5.69 Å². The molecule has 0 aliphatic rings. The molecular weight excluding hydrogens is 148 g/mol. The Morgan fingerprint density at radius 1 is 1.91 bits per heavy atom. The summed E-state index contributed by atoms with van der Waals surface area (Å²) in [6, 6.07) is 1.68. The van der Waals surface area contributed by atoms with Crippen LogP contribution in [0.15, 0.2) is 6.20 Å². The van der Waals surface area contributed by atoms with Crippen molar-refractivity contribution < 1.29 is 4.92 Å². The molecule has 0 spiro atoms. The van der Waals surface area contributed by atoms with E-state index in [0.717, 1.165) is 10.9 Å². The second-order valence-corrected chi connectivity index (χ2v) is 1.87.